The van der Waals surface area contributed by atoms with Crippen molar-refractivity contribution in [2.75, 3.05) is 45.9 Å². The Labute approximate surface area is 186 Å². The minimum Gasteiger partial charge on any atom is -0.493 e. The quantitative estimate of drug-likeness (QED) is 0.688. The Morgan fingerprint density at radius 3 is 2.69 bits per heavy atom. The third-order valence-corrected chi connectivity index (χ3v) is 8.41. The predicted molar refractivity (Wildman–Crippen MR) is 115 cm³/mol. The lowest BCUT2D eigenvalue weighted by Crippen LogP contribution is -2.71. The number of rotatable bonds is 2. The van der Waals surface area contributed by atoms with Crippen LogP contribution in [0.25, 0.3) is 0 Å². The Morgan fingerprint density at radius 1 is 1.19 bits per heavy atom. The van der Waals surface area contributed by atoms with Gasteiger partial charge in [0.15, 0.2) is 11.5 Å². The molecule has 0 aromatic heterocycles. The highest BCUT2D eigenvalue weighted by molar-refractivity contribution is 6.07. The van der Waals surface area contributed by atoms with Crippen LogP contribution in [0.3, 0.4) is 0 Å². The monoisotopic (exact) mass is 440 g/mol. The third-order valence-electron chi connectivity index (χ3n) is 8.41. The van der Waals surface area contributed by atoms with Gasteiger partial charge in [-0.05, 0) is 37.2 Å². The molecule has 0 unspecified atom stereocenters. The Morgan fingerprint density at radius 2 is 1.94 bits per heavy atom. The van der Waals surface area contributed by atoms with Crippen molar-refractivity contribution in [3.8, 4) is 11.5 Å². The number of hydrogen-bond donors (Lipinski definition) is 1. The molecule has 1 saturated carbocycles. The summed E-state index contributed by atoms with van der Waals surface area (Å²) in [4.78, 5) is 31.5. The Balaban J connectivity index is 1.68. The van der Waals surface area contributed by atoms with Gasteiger partial charge in [-0.15, -0.1) is 0 Å². The highest BCUT2D eigenvalue weighted by atomic mass is 16.5. The van der Waals surface area contributed by atoms with Crippen LogP contribution >= 0.6 is 0 Å². The minimum atomic E-state index is -1.33. The maximum absolute atomic E-state index is 14.1. The Bertz CT molecular complexity index is 1070. The molecule has 170 valence electrons. The number of benzene rings is 1. The lowest BCUT2D eigenvalue weighted by Gasteiger charge is -2.56. The van der Waals surface area contributed by atoms with Crippen LogP contribution in [0.2, 0.25) is 0 Å². The maximum atomic E-state index is 14.1. The van der Waals surface area contributed by atoms with E-state index < -0.39 is 23.2 Å². The van der Waals surface area contributed by atoms with E-state index in [4.69, 9.17) is 14.2 Å². The molecule has 8 heteroatoms. The first kappa shape index (κ1) is 20.2. The Kier molecular flexibility index (Phi) is 4.14. The summed E-state index contributed by atoms with van der Waals surface area (Å²) in [5.41, 5.74) is 0.0623. The number of hydrogen-bond acceptors (Lipinski definition) is 7. The van der Waals surface area contributed by atoms with Gasteiger partial charge in [0.2, 0.25) is 5.91 Å². The van der Waals surface area contributed by atoms with E-state index in [2.05, 4.69) is 4.90 Å². The molecule has 32 heavy (non-hydrogen) atoms. The van der Waals surface area contributed by atoms with Crippen molar-refractivity contribution in [1.82, 2.24) is 4.90 Å². The van der Waals surface area contributed by atoms with Crippen LogP contribution in [0.1, 0.15) is 24.8 Å². The fourth-order valence-corrected chi connectivity index (χ4v) is 7.02. The summed E-state index contributed by atoms with van der Waals surface area (Å²) in [6, 6.07) is 3.17. The molecule has 6 rings (SSSR count). The van der Waals surface area contributed by atoms with Gasteiger partial charge in [-0.3, -0.25) is 9.59 Å². The second kappa shape index (κ2) is 6.56. The van der Waals surface area contributed by atoms with E-state index in [1.54, 1.807) is 19.1 Å². The molecule has 1 aromatic carbocycles. The molecule has 5 atom stereocenters. The van der Waals surface area contributed by atoms with Crippen LogP contribution in [0.4, 0.5) is 5.69 Å². The average molecular weight is 440 g/mol. The smallest absolute Gasteiger partial charge is 0.229 e. The molecule has 1 aromatic rings. The highest BCUT2D eigenvalue weighted by Gasteiger charge is 2.71. The number of anilines is 1. The molecule has 1 amide bonds. The average Bonchev–Trinajstić information content (AvgIpc) is 3.01. The van der Waals surface area contributed by atoms with Crippen LogP contribution in [0.5, 0.6) is 11.5 Å². The van der Waals surface area contributed by atoms with E-state index in [9.17, 15) is 14.7 Å². The number of fused-ring (bicyclic) bond motifs is 2. The first-order valence-electron chi connectivity index (χ1n) is 11.2. The summed E-state index contributed by atoms with van der Waals surface area (Å²) in [5.74, 6) is 0.555. The van der Waals surface area contributed by atoms with Crippen LogP contribution < -0.4 is 14.4 Å². The second-order valence-electron chi connectivity index (χ2n) is 9.75. The Hall–Kier alpha value is -2.42. The molecule has 0 spiro atoms. The molecule has 4 heterocycles. The van der Waals surface area contributed by atoms with Crippen molar-refractivity contribution in [3.63, 3.8) is 0 Å². The molecule has 3 fully saturated rings. The van der Waals surface area contributed by atoms with Gasteiger partial charge in [-0.25, -0.2) is 0 Å². The maximum Gasteiger partial charge on any atom is 0.229 e. The molecule has 2 saturated heterocycles. The van der Waals surface area contributed by atoms with Crippen molar-refractivity contribution in [3.05, 3.63) is 29.3 Å². The van der Waals surface area contributed by atoms with E-state index in [1.165, 1.54) is 0 Å². The van der Waals surface area contributed by atoms with E-state index >= 15 is 0 Å². The molecule has 4 aliphatic heterocycles. The second-order valence-corrected chi connectivity index (χ2v) is 9.75. The number of ether oxygens (including phenoxy) is 3. The number of likely N-dealkylation sites (N-methyl/N-ethyl adjacent to an activating group) is 1. The number of Topliss-reactive ketones (excluding diaryl/α,β-unsaturated/α-hetero) is 1. The van der Waals surface area contributed by atoms with E-state index in [-0.39, 0.29) is 30.4 Å². The lowest BCUT2D eigenvalue weighted by molar-refractivity contribution is -0.157. The zero-order chi connectivity index (χ0) is 22.4. The summed E-state index contributed by atoms with van der Waals surface area (Å²) in [5, 5.41) is 12.1. The SMILES string of the molecule is COc1cc2c(cc1OC)[C@@]13CCN(C)CC4=CCO[C@H]5CC(=O)N2[C@H]1[C@H]5[C@@]4(O)CC3=O. The predicted octanol–water partition coefficient (Wildman–Crippen LogP) is 1.04. The van der Waals surface area contributed by atoms with Crippen molar-refractivity contribution >= 4 is 17.4 Å². The van der Waals surface area contributed by atoms with Crippen LogP contribution in [0, 0.1) is 5.92 Å². The lowest BCUT2D eigenvalue weighted by atomic mass is 9.53. The number of amides is 1. The number of carbonyl (C=O) groups is 2. The normalized spacial score (nSPS) is 37.8. The molecule has 5 aliphatic rings. The number of nitrogens with zero attached hydrogens (tertiary/aromatic N) is 2. The molecule has 8 nitrogen and oxygen atoms in total. The number of aliphatic hydroxyl groups is 1. The van der Waals surface area contributed by atoms with Crippen LogP contribution in [0.15, 0.2) is 23.8 Å². The summed E-state index contributed by atoms with van der Waals surface area (Å²) in [6.45, 7) is 1.58. The van der Waals surface area contributed by atoms with Crippen molar-refractivity contribution in [2.45, 2.75) is 42.4 Å². The largest absolute Gasteiger partial charge is 0.493 e. The number of ketones is 1. The molecule has 4 bridgehead atoms. The molecule has 1 N–H and O–H groups in total. The van der Waals surface area contributed by atoms with Crippen molar-refractivity contribution in [2.24, 2.45) is 5.92 Å². The van der Waals surface area contributed by atoms with Crippen molar-refractivity contribution < 1.29 is 28.9 Å². The van der Waals surface area contributed by atoms with Crippen molar-refractivity contribution in [1.29, 1.82) is 0 Å². The van der Waals surface area contributed by atoms with Gasteiger partial charge in [0.05, 0.1) is 50.5 Å². The fourth-order valence-electron chi connectivity index (χ4n) is 7.02. The zero-order valence-corrected chi connectivity index (χ0v) is 18.6. The number of methoxy groups -OCH3 is 2. The van der Waals surface area contributed by atoms with Crippen LogP contribution in [-0.4, -0.2) is 80.4 Å². The standard InChI is InChI=1S/C24H28N2O6/c1-25-6-5-23-14-8-16(30-2)17(31-3)9-15(14)26-20(28)10-18-21(22(23)26)24(29,11-19(23)27)13(12-25)4-7-32-18/h4,8-9,18,21-22,29H,5-7,10-12H2,1-3H3/t18-,21-,22-,23+,24+/m0/s1. The summed E-state index contributed by atoms with van der Waals surface area (Å²) < 4.78 is 17.2. The van der Waals surface area contributed by atoms with Gasteiger partial charge < -0.3 is 29.1 Å². The third kappa shape index (κ3) is 2.27. The number of piperidine rings is 1. The van der Waals surface area contributed by atoms with E-state index in [0.29, 0.717) is 43.3 Å². The van der Waals surface area contributed by atoms with E-state index in [1.807, 2.05) is 25.3 Å². The molecule has 1 aliphatic carbocycles. The molecular formula is C24H28N2O6. The van der Waals surface area contributed by atoms with Gasteiger partial charge in [0.1, 0.15) is 11.4 Å². The van der Waals surface area contributed by atoms with Gasteiger partial charge >= 0.3 is 0 Å². The summed E-state index contributed by atoms with van der Waals surface area (Å²) in [6.07, 6.45) is 2.26. The summed E-state index contributed by atoms with van der Waals surface area (Å²) in [7, 11) is 5.14. The fraction of sp³-hybridized carbons (Fsp3) is 0.583. The molecule has 0 radical (unpaired) electrons. The first-order chi connectivity index (χ1) is 15.3. The van der Waals surface area contributed by atoms with Gasteiger partial charge in [0, 0.05) is 24.9 Å². The van der Waals surface area contributed by atoms with Crippen LogP contribution in [-0.2, 0) is 19.7 Å². The van der Waals surface area contributed by atoms with Gasteiger partial charge in [-0.1, -0.05) is 6.08 Å². The van der Waals surface area contributed by atoms with E-state index in [0.717, 1.165) is 11.1 Å². The molecular weight excluding hydrogens is 412 g/mol. The highest BCUT2D eigenvalue weighted by Crippen LogP contribution is 2.62. The summed E-state index contributed by atoms with van der Waals surface area (Å²) >= 11 is 0. The number of carbonyl (C=O) groups excluding carboxylic acids is 2. The first-order valence-corrected chi connectivity index (χ1v) is 11.2. The van der Waals surface area contributed by atoms with Gasteiger partial charge in [-0.2, -0.15) is 0 Å². The minimum absolute atomic E-state index is 0.0197. The van der Waals surface area contributed by atoms with Gasteiger partial charge in [0.25, 0.3) is 0 Å². The zero-order valence-electron chi connectivity index (χ0n) is 18.6. The topological polar surface area (TPSA) is 88.5 Å².